The fraction of sp³-hybridized carbons (Fsp3) is 0.375. The molecule has 0 saturated carbocycles. The van der Waals surface area contributed by atoms with Crippen LogP contribution >= 0.6 is 11.3 Å². The molecule has 0 atom stereocenters. The summed E-state index contributed by atoms with van der Waals surface area (Å²) in [4.78, 5) is 19.4. The van der Waals surface area contributed by atoms with Gasteiger partial charge in [0.15, 0.2) is 10.8 Å². The van der Waals surface area contributed by atoms with Crippen LogP contribution in [0.4, 0.5) is 5.13 Å². The Labute approximate surface area is 129 Å². The van der Waals surface area contributed by atoms with Gasteiger partial charge in [-0.15, -0.1) is 11.3 Å². The first kappa shape index (κ1) is 15.5. The van der Waals surface area contributed by atoms with Crippen molar-refractivity contribution in [1.29, 1.82) is 0 Å². The van der Waals surface area contributed by atoms with Gasteiger partial charge in [-0.25, -0.2) is 9.78 Å². The largest absolute Gasteiger partial charge is 0.461 e. The van der Waals surface area contributed by atoms with Gasteiger partial charge in [0, 0.05) is 18.0 Å². The number of carbonyl (C=O) groups excluding carboxylic acids is 1. The Balaban J connectivity index is 2.19. The first-order valence-electron chi connectivity index (χ1n) is 7.09. The van der Waals surface area contributed by atoms with Crippen LogP contribution in [0.15, 0.2) is 30.3 Å². The number of esters is 1. The molecule has 0 saturated heterocycles. The molecule has 2 rings (SSSR count). The average Bonchev–Trinajstić information content (AvgIpc) is 2.88. The van der Waals surface area contributed by atoms with Crippen LogP contribution in [-0.4, -0.2) is 24.1 Å². The van der Waals surface area contributed by atoms with Crippen molar-refractivity contribution in [1.82, 2.24) is 4.98 Å². The number of ether oxygens (including phenoxy) is 1. The minimum absolute atomic E-state index is 0.340. The summed E-state index contributed by atoms with van der Waals surface area (Å²) in [5.74, 6) is -0.340. The number of aryl methyl sites for hydroxylation is 1. The Morgan fingerprint density at radius 1 is 1.29 bits per heavy atom. The van der Waals surface area contributed by atoms with Crippen LogP contribution in [-0.2, 0) is 11.3 Å². The molecular weight excluding hydrogens is 284 g/mol. The number of hydrogen-bond donors (Lipinski definition) is 0. The van der Waals surface area contributed by atoms with E-state index in [9.17, 15) is 4.79 Å². The van der Waals surface area contributed by atoms with Gasteiger partial charge in [-0.1, -0.05) is 30.3 Å². The number of thiazole rings is 1. The smallest absolute Gasteiger partial charge is 0.358 e. The second kappa shape index (κ2) is 7.22. The Kier molecular flexibility index (Phi) is 5.33. The van der Waals surface area contributed by atoms with Gasteiger partial charge in [-0.05, 0) is 26.3 Å². The van der Waals surface area contributed by atoms with Crippen LogP contribution in [0.1, 0.15) is 34.8 Å². The third-order valence-electron chi connectivity index (χ3n) is 3.12. The maximum atomic E-state index is 11.9. The Morgan fingerprint density at radius 3 is 2.62 bits per heavy atom. The van der Waals surface area contributed by atoms with E-state index in [-0.39, 0.29) is 5.97 Å². The zero-order valence-electron chi connectivity index (χ0n) is 12.6. The molecule has 0 radical (unpaired) electrons. The molecule has 0 N–H and O–H groups in total. The van der Waals surface area contributed by atoms with Crippen molar-refractivity contribution in [2.75, 3.05) is 18.1 Å². The summed E-state index contributed by atoms with van der Waals surface area (Å²) in [7, 11) is 0. The van der Waals surface area contributed by atoms with Gasteiger partial charge in [0.05, 0.1) is 6.61 Å². The normalized spacial score (nSPS) is 10.4. The second-order valence-electron chi connectivity index (χ2n) is 4.62. The minimum Gasteiger partial charge on any atom is -0.461 e. The lowest BCUT2D eigenvalue weighted by Gasteiger charge is -2.19. The number of hydrogen-bond acceptors (Lipinski definition) is 5. The average molecular weight is 304 g/mol. The fourth-order valence-electron chi connectivity index (χ4n) is 2.03. The maximum absolute atomic E-state index is 11.9. The second-order valence-corrected chi connectivity index (χ2v) is 5.80. The highest BCUT2D eigenvalue weighted by atomic mass is 32.1. The summed E-state index contributed by atoms with van der Waals surface area (Å²) < 4.78 is 5.04. The van der Waals surface area contributed by atoms with Crippen LogP contribution in [0.3, 0.4) is 0 Å². The summed E-state index contributed by atoms with van der Waals surface area (Å²) in [5, 5.41) is 0.863. The van der Waals surface area contributed by atoms with Crippen molar-refractivity contribution >= 4 is 22.4 Å². The van der Waals surface area contributed by atoms with E-state index in [1.807, 2.05) is 25.1 Å². The minimum atomic E-state index is -0.340. The third kappa shape index (κ3) is 3.82. The SMILES string of the molecule is CCOC(=O)c1nc(N(CC)Cc2ccccc2)sc1C. The summed E-state index contributed by atoms with van der Waals surface area (Å²) >= 11 is 1.53. The highest BCUT2D eigenvalue weighted by Gasteiger charge is 2.19. The number of anilines is 1. The zero-order valence-corrected chi connectivity index (χ0v) is 13.4. The van der Waals surface area contributed by atoms with Crippen molar-refractivity contribution in [3.8, 4) is 0 Å². The van der Waals surface area contributed by atoms with E-state index in [0.717, 1.165) is 23.1 Å². The molecule has 1 aromatic heterocycles. The molecule has 5 heteroatoms. The van der Waals surface area contributed by atoms with Crippen LogP contribution in [0, 0.1) is 6.92 Å². The van der Waals surface area contributed by atoms with E-state index in [1.165, 1.54) is 16.9 Å². The van der Waals surface area contributed by atoms with E-state index in [2.05, 4.69) is 28.9 Å². The molecule has 1 heterocycles. The van der Waals surface area contributed by atoms with E-state index < -0.39 is 0 Å². The van der Waals surface area contributed by atoms with Crippen LogP contribution in [0.2, 0.25) is 0 Å². The summed E-state index contributed by atoms with van der Waals surface area (Å²) in [6.45, 7) is 7.78. The monoisotopic (exact) mass is 304 g/mol. The fourth-order valence-corrected chi connectivity index (χ4v) is 2.98. The van der Waals surface area contributed by atoms with Crippen molar-refractivity contribution in [2.24, 2.45) is 0 Å². The van der Waals surface area contributed by atoms with E-state index in [4.69, 9.17) is 4.74 Å². The molecule has 1 aromatic carbocycles. The van der Waals surface area contributed by atoms with Gasteiger partial charge < -0.3 is 9.64 Å². The van der Waals surface area contributed by atoms with Gasteiger partial charge in [-0.2, -0.15) is 0 Å². The molecule has 21 heavy (non-hydrogen) atoms. The molecular formula is C16H20N2O2S. The number of rotatable bonds is 6. The maximum Gasteiger partial charge on any atom is 0.358 e. The molecule has 0 fully saturated rings. The van der Waals surface area contributed by atoms with Crippen LogP contribution in [0.25, 0.3) is 0 Å². The lowest BCUT2D eigenvalue weighted by molar-refractivity contribution is 0.0519. The van der Waals surface area contributed by atoms with Crippen molar-refractivity contribution in [3.63, 3.8) is 0 Å². The number of nitrogens with zero attached hydrogens (tertiary/aromatic N) is 2. The van der Waals surface area contributed by atoms with E-state index in [1.54, 1.807) is 6.92 Å². The quantitative estimate of drug-likeness (QED) is 0.764. The summed E-state index contributed by atoms with van der Waals surface area (Å²) in [6, 6.07) is 10.2. The van der Waals surface area contributed by atoms with E-state index >= 15 is 0 Å². The van der Waals surface area contributed by atoms with E-state index in [0.29, 0.717) is 12.3 Å². The number of aromatic nitrogens is 1. The van der Waals surface area contributed by atoms with Crippen LogP contribution in [0.5, 0.6) is 0 Å². The Morgan fingerprint density at radius 2 is 2.00 bits per heavy atom. The van der Waals surface area contributed by atoms with Crippen molar-refractivity contribution in [3.05, 3.63) is 46.5 Å². The molecule has 0 aliphatic rings. The van der Waals surface area contributed by atoms with Crippen LogP contribution < -0.4 is 4.90 Å². The van der Waals surface area contributed by atoms with Gasteiger partial charge >= 0.3 is 5.97 Å². The third-order valence-corrected chi connectivity index (χ3v) is 4.15. The molecule has 0 spiro atoms. The predicted octanol–water partition coefficient (Wildman–Crippen LogP) is 3.65. The Bertz CT molecular complexity index is 596. The van der Waals surface area contributed by atoms with Gasteiger partial charge in [0.25, 0.3) is 0 Å². The standard InChI is InChI=1S/C16H20N2O2S/c1-4-18(11-13-9-7-6-8-10-13)16-17-14(12(3)21-16)15(19)20-5-2/h6-10H,4-5,11H2,1-3H3. The summed E-state index contributed by atoms with van der Waals surface area (Å²) in [6.07, 6.45) is 0. The molecule has 0 aliphatic heterocycles. The highest BCUT2D eigenvalue weighted by molar-refractivity contribution is 7.15. The summed E-state index contributed by atoms with van der Waals surface area (Å²) in [5.41, 5.74) is 1.66. The lowest BCUT2D eigenvalue weighted by Crippen LogP contribution is -2.22. The molecule has 0 bridgehead atoms. The van der Waals surface area contributed by atoms with Gasteiger partial charge in [-0.3, -0.25) is 0 Å². The first-order chi connectivity index (χ1) is 10.2. The molecule has 2 aromatic rings. The molecule has 0 aliphatic carbocycles. The highest BCUT2D eigenvalue weighted by Crippen LogP contribution is 2.27. The molecule has 4 nitrogen and oxygen atoms in total. The van der Waals surface area contributed by atoms with Gasteiger partial charge in [0.2, 0.25) is 0 Å². The first-order valence-corrected chi connectivity index (χ1v) is 7.90. The number of benzene rings is 1. The topological polar surface area (TPSA) is 42.4 Å². The van der Waals surface area contributed by atoms with Crippen molar-refractivity contribution < 1.29 is 9.53 Å². The molecule has 0 unspecified atom stereocenters. The predicted molar refractivity (Wildman–Crippen MR) is 86.0 cm³/mol. The zero-order chi connectivity index (χ0) is 15.2. The molecule has 0 amide bonds. The van der Waals surface area contributed by atoms with Gasteiger partial charge in [0.1, 0.15) is 0 Å². The van der Waals surface area contributed by atoms with Crippen molar-refractivity contribution in [2.45, 2.75) is 27.3 Å². The number of carbonyl (C=O) groups is 1. The molecule has 112 valence electrons. The Hall–Kier alpha value is -1.88. The lowest BCUT2D eigenvalue weighted by atomic mass is 10.2.